The van der Waals surface area contributed by atoms with Crippen LogP contribution in [0.5, 0.6) is 0 Å². The van der Waals surface area contributed by atoms with Gasteiger partial charge in [0.2, 0.25) is 5.91 Å². The first-order valence-corrected chi connectivity index (χ1v) is 8.66. The molecule has 0 saturated heterocycles. The monoisotopic (exact) mass is 460 g/mol. The van der Waals surface area contributed by atoms with E-state index in [0.29, 0.717) is 13.0 Å². The molecule has 2 N–H and O–H groups in total. The minimum absolute atomic E-state index is 0. The van der Waals surface area contributed by atoms with Crippen molar-refractivity contribution in [2.24, 2.45) is 4.99 Å². The number of rotatable bonds is 8. The van der Waals surface area contributed by atoms with E-state index in [1.54, 1.807) is 7.05 Å². The van der Waals surface area contributed by atoms with Gasteiger partial charge in [0, 0.05) is 45.4 Å². The standard InChI is InChI=1S/C18H28N4O2.HI/c1-3-24-14-12-21-18(19-2)20-11-6-9-17(23)22-13-10-15-7-4-5-8-16(15)22;/h4-5,7-8H,3,6,9-14H2,1-2H3,(H2,19,20,21);1H. The number of ether oxygens (including phenoxy) is 1. The summed E-state index contributed by atoms with van der Waals surface area (Å²) in [7, 11) is 1.74. The number of nitrogens with zero attached hydrogens (tertiary/aromatic N) is 2. The molecule has 0 aliphatic carbocycles. The number of carbonyl (C=O) groups is 1. The molecule has 0 radical (unpaired) electrons. The van der Waals surface area contributed by atoms with Crippen molar-refractivity contribution in [2.45, 2.75) is 26.2 Å². The van der Waals surface area contributed by atoms with Gasteiger partial charge in [-0.15, -0.1) is 24.0 Å². The maximum absolute atomic E-state index is 12.4. The summed E-state index contributed by atoms with van der Waals surface area (Å²) >= 11 is 0. The van der Waals surface area contributed by atoms with Gasteiger partial charge >= 0.3 is 0 Å². The summed E-state index contributed by atoms with van der Waals surface area (Å²) < 4.78 is 5.28. The van der Waals surface area contributed by atoms with Gasteiger partial charge in [0.25, 0.3) is 0 Å². The Labute approximate surface area is 167 Å². The third-order valence-corrected chi connectivity index (χ3v) is 4.01. The SMILES string of the molecule is CCOCCNC(=NC)NCCCC(=O)N1CCc2ccccc21.I. The molecule has 0 atom stereocenters. The lowest BCUT2D eigenvalue weighted by molar-refractivity contribution is -0.118. The lowest BCUT2D eigenvalue weighted by Gasteiger charge is -2.17. The van der Waals surface area contributed by atoms with Gasteiger partial charge in [0.05, 0.1) is 6.61 Å². The molecule has 1 amide bonds. The molecule has 1 aliphatic rings. The fraction of sp³-hybridized carbons (Fsp3) is 0.556. The van der Waals surface area contributed by atoms with Crippen molar-refractivity contribution in [3.8, 4) is 0 Å². The Morgan fingerprint density at radius 3 is 2.80 bits per heavy atom. The first-order valence-electron chi connectivity index (χ1n) is 8.66. The average molecular weight is 460 g/mol. The van der Waals surface area contributed by atoms with Gasteiger partial charge in [-0.05, 0) is 31.4 Å². The first-order chi connectivity index (χ1) is 11.8. The number of halogens is 1. The third kappa shape index (κ3) is 6.81. The number of hydrogen-bond donors (Lipinski definition) is 2. The number of nitrogens with one attached hydrogen (secondary N) is 2. The molecule has 25 heavy (non-hydrogen) atoms. The lowest BCUT2D eigenvalue weighted by Crippen LogP contribution is -2.39. The zero-order valence-corrected chi connectivity index (χ0v) is 17.4. The largest absolute Gasteiger partial charge is 0.380 e. The number of amides is 1. The molecule has 0 aromatic heterocycles. The number of anilines is 1. The van der Waals surface area contributed by atoms with Crippen molar-refractivity contribution in [3.63, 3.8) is 0 Å². The number of guanidine groups is 1. The van der Waals surface area contributed by atoms with Crippen LogP contribution in [0.1, 0.15) is 25.3 Å². The Hall–Kier alpha value is -1.35. The number of aliphatic imine (C=N–C) groups is 1. The molecule has 1 aliphatic heterocycles. The maximum atomic E-state index is 12.4. The first kappa shape index (κ1) is 21.7. The van der Waals surface area contributed by atoms with Gasteiger partial charge in [-0.2, -0.15) is 0 Å². The molecule has 140 valence electrons. The van der Waals surface area contributed by atoms with Crippen LogP contribution in [0.25, 0.3) is 0 Å². The van der Waals surface area contributed by atoms with E-state index < -0.39 is 0 Å². The van der Waals surface area contributed by atoms with Crippen LogP contribution in [-0.4, -0.2) is 51.8 Å². The Morgan fingerprint density at radius 1 is 1.28 bits per heavy atom. The zero-order chi connectivity index (χ0) is 17.2. The maximum Gasteiger partial charge on any atom is 0.227 e. The topological polar surface area (TPSA) is 66.0 Å². The van der Waals surface area contributed by atoms with E-state index >= 15 is 0 Å². The average Bonchev–Trinajstić information content (AvgIpc) is 3.04. The van der Waals surface area contributed by atoms with Crippen LogP contribution < -0.4 is 15.5 Å². The summed E-state index contributed by atoms with van der Waals surface area (Å²) in [5.41, 5.74) is 2.34. The molecule has 0 spiro atoms. The molecule has 1 heterocycles. The van der Waals surface area contributed by atoms with E-state index in [2.05, 4.69) is 21.7 Å². The van der Waals surface area contributed by atoms with Crippen LogP contribution in [-0.2, 0) is 16.0 Å². The van der Waals surface area contributed by atoms with Crippen molar-refractivity contribution in [3.05, 3.63) is 29.8 Å². The Bertz CT molecular complexity index is 566. The van der Waals surface area contributed by atoms with Gasteiger partial charge in [0.15, 0.2) is 5.96 Å². The van der Waals surface area contributed by atoms with Gasteiger partial charge in [0.1, 0.15) is 0 Å². The highest BCUT2D eigenvalue weighted by Gasteiger charge is 2.23. The number of hydrogen-bond acceptors (Lipinski definition) is 3. The summed E-state index contributed by atoms with van der Waals surface area (Å²) in [6.45, 7) is 5.58. The Morgan fingerprint density at radius 2 is 2.04 bits per heavy atom. The zero-order valence-electron chi connectivity index (χ0n) is 15.1. The second kappa shape index (κ2) is 12.1. The second-order valence-corrected chi connectivity index (χ2v) is 5.65. The molecule has 0 bridgehead atoms. The molecule has 0 unspecified atom stereocenters. The van der Waals surface area contributed by atoms with Gasteiger partial charge in [-0.25, -0.2) is 0 Å². The summed E-state index contributed by atoms with van der Waals surface area (Å²) in [5.74, 6) is 0.940. The third-order valence-electron chi connectivity index (χ3n) is 4.01. The van der Waals surface area contributed by atoms with E-state index in [-0.39, 0.29) is 29.9 Å². The quantitative estimate of drug-likeness (QED) is 0.270. The minimum Gasteiger partial charge on any atom is -0.380 e. The van der Waals surface area contributed by atoms with Crippen molar-refractivity contribution in [2.75, 3.05) is 44.8 Å². The molecule has 2 rings (SSSR count). The van der Waals surface area contributed by atoms with Crippen molar-refractivity contribution >= 4 is 41.5 Å². The van der Waals surface area contributed by atoms with Crippen LogP contribution >= 0.6 is 24.0 Å². The van der Waals surface area contributed by atoms with Gasteiger partial charge in [-0.1, -0.05) is 18.2 Å². The molecular weight excluding hydrogens is 431 g/mol. The van der Waals surface area contributed by atoms with E-state index in [0.717, 1.165) is 50.7 Å². The normalized spacial score (nSPS) is 13.2. The molecule has 1 aromatic carbocycles. The fourth-order valence-corrected chi connectivity index (χ4v) is 2.79. The number of fused-ring (bicyclic) bond motifs is 1. The predicted molar refractivity (Wildman–Crippen MR) is 113 cm³/mol. The molecular formula is C18H29IN4O2. The van der Waals surface area contributed by atoms with E-state index in [1.165, 1.54) is 5.56 Å². The van der Waals surface area contributed by atoms with Crippen LogP contribution in [0.15, 0.2) is 29.3 Å². The highest BCUT2D eigenvalue weighted by molar-refractivity contribution is 14.0. The van der Waals surface area contributed by atoms with Gasteiger partial charge in [-0.3, -0.25) is 9.79 Å². The van der Waals surface area contributed by atoms with Crippen molar-refractivity contribution < 1.29 is 9.53 Å². The Balaban J connectivity index is 0.00000312. The second-order valence-electron chi connectivity index (χ2n) is 5.65. The van der Waals surface area contributed by atoms with Crippen LogP contribution in [0.4, 0.5) is 5.69 Å². The van der Waals surface area contributed by atoms with E-state index in [4.69, 9.17) is 4.74 Å². The van der Waals surface area contributed by atoms with Crippen LogP contribution in [0, 0.1) is 0 Å². The van der Waals surface area contributed by atoms with Gasteiger partial charge < -0.3 is 20.3 Å². The van der Waals surface area contributed by atoms with E-state index in [1.807, 2.05) is 30.0 Å². The van der Waals surface area contributed by atoms with Crippen molar-refractivity contribution in [1.82, 2.24) is 10.6 Å². The highest BCUT2D eigenvalue weighted by atomic mass is 127. The van der Waals surface area contributed by atoms with Crippen molar-refractivity contribution in [1.29, 1.82) is 0 Å². The summed E-state index contributed by atoms with van der Waals surface area (Å²) in [5, 5.41) is 6.40. The highest BCUT2D eigenvalue weighted by Crippen LogP contribution is 2.27. The smallest absolute Gasteiger partial charge is 0.227 e. The minimum atomic E-state index is 0. The van der Waals surface area contributed by atoms with Crippen LogP contribution in [0.2, 0.25) is 0 Å². The number of benzene rings is 1. The summed E-state index contributed by atoms with van der Waals surface area (Å²) in [6.07, 6.45) is 2.28. The number of para-hydroxylation sites is 1. The Kier molecular flexibility index (Phi) is 10.5. The fourth-order valence-electron chi connectivity index (χ4n) is 2.79. The number of carbonyl (C=O) groups excluding carboxylic acids is 1. The summed E-state index contributed by atoms with van der Waals surface area (Å²) in [6, 6.07) is 8.15. The molecule has 7 heteroatoms. The summed E-state index contributed by atoms with van der Waals surface area (Å²) in [4.78, 5) is 18.5. The molecule has 0 fully saturated rings. The molecule has 1 aromatic rings. The van der Waals surface area contributed by atoms with Crippen LogP contribution in [0.3, 0.4) is 0 Å². The molecule has 6 nitrogen and oxygen atoms in total. The van der Waals surface area contributed by atoms with E-state index in [9.17, 15) is 4.79 Å². The lowest BCUT2D eigenvalue weighted by atomic mass is 10.2. The predicted octanol–water partition coefficient (Wildman–Crippen LogP) is 2.18. The molecule has 0 saturated carbocycles.